The molecule has 20 heavy (non-hydrogen) atoms. The van der Waals surface area contributed by atoms with Gasteiger partial charge in [-0.05, 0) is 37.8 Å². The summed E-state index contributed by atoms with van der Waals surface area (Å²) in [6.45, 7) is 1.53. The third-order valence-electron chi connectivity index (χ3n) is 2.91. The molecule has 3 N–H and O–H groups in total. The summed E-state index contributed by atoms with van der Waals surface area (Å²) in [5.41, 5.74) is 3.44. The van der Waals surface area contributed by atoms with E-state index in [1.54, 1.807) is 18.3 Å². The molecule has 6 nitrogen and oxygen atoms in total. The van der Waals surface area contributed by atoms with E-state index in [2.05, 4.69) is 15.4 Å². The average Bonchev–Trinajstić information content (AvgIpc) is 2.97. The highest BCUT2D eigenvalue weighted by Gasteiger charge is 2.24. The quantitative estimate of drug-likeness (QED) is 0.629. The molecule has 0 aromatic carbocycles. The van der Waals surface area contributed by atoms with Gasteiger partial charge in [0.2, 0.25) is 0 Å². The van der Waals surface area contributed by atoms with Gasteiger partial charge in [-0.3, -0.25) is 10.5 Å². The smallest absolute Gasteiger partial charge is 0.193 e. The topological polar surface area (TPSA) is 72.2 Å². The van der Waals surface area contributed by atoms with Crippen molar-refractivity contribution in [3.8, 4) is 0 Å². The van der Waals surface area contributed by atoms with Crippen molar-refractivity contribution >= 4 is 23.2 Å². The van der Waals surface area contributed by atoms with E-state index in [0.29, 0.717) is 22.5 Å². The van der Waals surface area contributed by atoms with Crippen LogP contribution in [0.25, 0.3) is 0 Å². The third kappa shape index (κ3) is 3.34. The van der Waals surface area contributed by atoms with Crippen LogP contribution in [0.4, 0.5) is 0 Å². The predicted molar refractivity (Wildman–Crippen MR) is 78.7 cm³/mol. The molecule has 2 aromatic heterocycles. The summed E-state index contributed by atoms with van der Waals surface area (Å²) in [7, 11) is 3.99. The molecule has 0 fully saturated rings. The number of hydrogen-bond acceptors (Lipinski definition) is 5. The van der Waals surface area contributed by atoms with Crippen molar-refractivity contribution in [1.82, 2.24) is 20.1 Å². The Morgan fingerprint density at radius 2 is 2.20 bits per heavy atom. The van der Waals surface area contributed by atoms with Crippen molar-refractivity contribution in [1.29, 1.82) is 0 Å². The van der Waals surface area contributed by atoms with Gasteiger partial charge < -0.3 is 9.32 Å². The lowest BCUT2D eigenvalue weighted by molar-refractivity contribution is 0.360. The summed E-state index contributed by atoms with van der Waals surface area (Å²) in [5.74, 6) is 6.22. The van der Waals surface area contributed by atoms with Gasteiger partial charge in [-0.15, -0.1) is 0 Å². The number of nitrogens with two attached hydrogens (primary N) is 1. The van der Waals surface area contributed by atoms with Crippen molar-refractivity contribution in [3.05, 3.63) is 40.0 Å². The van der Waals surface area contributed by atoms with Crippen LogP contribution in [0.15, 0.2) is 22.7 Å². The highest BCUT2D eigenvalue weighted by molar-refractivity contribution is 6.31. The molecule has 0 amide bonds. The van der Waals surface area contributed by atoms with Crippen LogP contribution in [0.1, 0.15) is 17.5 Å². The zero-order chi connectivity index (χ0) is 14.7. The molecule has 2 aromatic rings. The summed E-state index contributed by atoms with van der Waals surface area (Å²) in [4.78, 5) is 2.06. The summed E-state index contributed by atoms with van der Waals surface area (Å²) in [5, 5.41) is 5.11. The fourth-order valence-corrected chi connectivity index (χ4v) is 2.31. The number of halogens is 2. The van der Waals surface area contributed by atoms with Gasteiger partial charge in [-0.2, -0.15) is 5.10 Å². The zero-order valence-corrected chi connectivity index (χ0v) is 12.8. The Morgan fingerprint density at radius 3 is 2.75 bits per heavy atom. The van der Waals surface area contributed by atoms with Crippen LogP contribution >= 0.6 is 23.2 Å². The Kier molecular flexibility index (Phi) is 5.06. The molecule has 0 spiro atoms. The zero-order valence-electron chi connectivity index (χ0n) is 11.3. The molecule has 0 aliphatic carbocycles. The summed E-state index contributed by atoms with van der Waals surface area (Å²) < 4.78 is 7.22. The summed E-state index contributed by atoms with van der Waals surface area (Å²) >= 11 is 12.0. The monoisotopic (exact) mass is 317 g/mol. The van der Waals surface area contributed by atoms with Crippen LogP contribution in [-0.4, -0.2) is 35.3 Å². The second kappa shape index (κ2) is 6.60. The minimum atomic E-state index is -0.403. The minimum Gasteiger partial charge on any atom is -0.448 e. The lowest BCUT2D eigenvalue weighted by Crippen LogP contribution is -2.31. The maximum absolute atomic E-state index is 6.22. The number of likely N-dealkylation sites (N-methyl/N-ethyl adjacent to an activating group) is 1. The molecule has 0 saturated carbocycles. The van der Waals surface area contributed by atoms with Gasteiger partial charge in [-0.1, -0.05) is 11.6 Å². The lowest BCUT2D eigenvalue weighted by atomic mass is 10.1. The Balaban J connectivity index is 2.31. The number of nitrogens with one attached hydrogen (secondary N) is 1. The largest absolute Gasteiger partial charge is 0.448 e. The first-order valence-electron chi connectivity index (χ1n) is 6.10. The molecule has 110 valence electrons. The molecule has 2 rings (SSSR count). The number of hydrazine groups is 1. The second-order valence-electron chi connectivity index (χ2n) is 4.65. The van der Waals surface area contributed by atoms with Gasteiger partial charge in [0.15, 0.2) is 5.22 Å². The Morgan fingerprint density at radius 1 is 1.45 bits per heavy atom. The average molecular weight is 318 g/mol. The van der Waals surface area contributed by atoms with Crippen LogP contribution in [0.5, 0.6) is 0 Å². The molecule has 0 aliphatic heterocycles. The van der Waals surface area contributed by atoms with Gasteiger partial charge >= 0.3 is 0 Å². The minimum absolute atomic E-state index is 0.302. The van der Waals surface area contributed by atoms with Crippen LogP contribution in [0.3, 0.4) is 0 Å². The van der Waals surface area contributed by atoms with Crippen molar-refractivity contribution in [3.63, 3.8) is 0 Å². The van der Waals surface area contributed by atoms with Crippen molar-refractivity contribution in [2.24, 2.45) is 5.84 Å². The van der Waals surface area contributed by atoms with E-state index in [0.717, 1.165) is 12.2 Å². The molecular formula is C12H17Cl2N5O. The van der Waals surface area contributed by atoms with Crippen molar-refractivity contribution in [2.45, 2.75) is 12.6 Å². The molecule has 0 radical (unpaired) electrons. The molecule has 1 atom stereocenters. The standard InChI is InChI=1S/C12H17Cl2N5O/c1-18(2)5-6-19-12(8(13)7-16-19)11(17-15)9-3-4-10(14)20-9/h3-4,7,11,17H,5-6,15H2,1-2H3. The third-order valence-corrected chi connectivity index (χ3v) is 3.41. The molecule has 0 saturated heterocycles. The molecule has 2 heterocycles. The maximum atomic E-state index is 6.22. The van der Waals surface area contributed by atoms with E-state index in [-0.39, 0.29) is 0 Å². The Labute approximate surface area is 127 Å². The van der Waals surface area contributed by atoms with Gasteiger partial charge in [-0.25, -0.2) is 5.43 Å². The number of aromatic nitrogens is 2. The van der Waals surface area contributed by atoms with E-state index in [9.17, 15) is 0 Å². The van der Waals surface area contributed by atoms with Gasteiger partial charge in [0.1, 0.15) is 11.8 Å². The van der Waals surface area contributed by atoms with Crippen molar-refractivity contribution < 1.29 is 4.42 Å². The SMILES string of the molecule is CN(C)CCn1ncc(Cl)c1C(NN)c1ccc(Cl)o1. The first kappa shape index (κ1) is 15.3. The maximum Gasteiger partial charge on any atom is 0.193 e. The number of rotatable bonds is 6. The molecule has 8 heteroatoms. The lowest BCUT2D eigenvalue weighted by Gasteiger charge is -2.17. The summed E-state index contributed by atoms with van der Waals surface area (Å²) in [6, 6.07) is 3.02. The molecule has 1 unspecified atom stereocenters. The van der Waals surface area contributed by atoms with Crippen LogP contribution in [0, 0.1) is 0 Å². The summed E-state index contributed by atoms with van der Waals surface area (Å²) in [6.07, 6.45) is 1.60. The first-order chi connectivity index (χ1) is 9.52. The van der Waals surface area contributed by atoms with E-state index in [4.69, 9.17) is 33.5 Å². The van der Waals surface area contributed by atoms with Gasteiger partial charge in [0, 0.05) is 6.54 Å². The van der Waals surface area contributed by atoms with E-state index < -0.39 is 6.04 Å². The van der Waals surface area contributed by atoms with Crippen LogP contribution < -0.4 is 11.3 Å². The van der Waals surface area contributed by atoms with Crippen molar-refractivity contribution in [2.75, 3.05) is 20.6 Å². The number of furan rings is 1. The number of hydrogen-bond donors (Lipinski definition) is 2. The number of nitrogens with zero attached hydrogens (tertiary/aromatic N) is 3. The molecular weight excluding hydrogens is 301 g/mol. The Bertz CT molecular complexity index is 566. The molecule has 0 aliphatic rings. The van der Waals surface area contributed by atoms with Crippen LogP contribution in [0.2, 0.25) is 10.2 Å². The highest BCUT2D eigenvalue weighted by Crippen LogP contribution is 2.29. The highest BCUT2D eigenvalue weighted by atomic mass is 35.5. The molecule has 0 bridgehead atoms. The fourth-order valence-electron chi connectivity index (χ4n) is 1.91. The van der Waals surface area contributed by atoms with Gasteiger partial charge in [0.05, 0.1) is 23.5 Å². The van der Waals surface area contributed by atoms with Gasteiger partial charge in [0.25, 0.3) is 0 Å². The van der Waals surface area contributed by atoms with E-state index in [1.807, 2.05) is 18.8 Å². The first-order valence-corrected chi connectivity index (χ1v) is 6.85. The van der Waals surface area contributed by atoms with E-state index >= 15 is 0 Å². The fraction of sp³-hybridized carbons (Fsp3) is 0.417. The predicted octanol–water partition coefficient (Wildman–Crippen LogP) is 1.90. The normalized spacial score (nSPS) is 13.1. The second-order valence-corrected chi connectivity index (χ2v) is 5.43. The van der Waals surface area contributed by atoms with Crippen LogP contribution in [-0.2, 0) is 6.54 Å². The Hall–Kier alpha value is -1.05. The van der Waals surface area contributed by atoms with E-state index in [1.165, 1.54) is 0 Å².